The van der Waals surface area contributed by atoms with Gasteiger partial charge in [-0.3, -0.25) is 4.79 Å². The van der Waals surface area contributed by atoms with E-state index in [-0.39, 0.29) is 11.7 Å². The molecule has 0 saturated carbocycles. The Morgan fingerprint density at radius 2 is 1.93 bits per heavy atom. The molecule has 0 fully saturated rings. The Bertz CT molecular complexity index is 1070. The van der Waals surface area contributed by atoms with Crippen LogP contribution in [0, 0.1) is 0 Å². The summed E-state index contributed by atoms with van der Waals surface area (Å²) in [7, 11) is 0. The molecule has 0 spiro atoms. The molecule has 2 nitrogen and oxygen atoms in total. The summed E-state index contributed by atoms with van der Waals surface area (Å²) < 4.78 is 0. The van der Waals surface area contributed by atoms with Crippen LogP contribution >= 0.6 is 11.8 Å². The van der Waals surface area contributed by atoms with Crippen LogP contribution in [0.3, 0.4) is 0 Å². The minimum Gasteiger partial charge on any atom is -0.312 e. The van der Waals surface area contributed by atoms with E-state index in [9.17, 15) is 4.79 Å². The molecule has 2 atom stereocenters. The van der Waals surface area contributed by atoms with Gasteiger partial charge in [0.1, 0.15) is 0 Å². The topological polar surface area (TPSA) is 29.1 Å². The number of thioether (sulfide) groups is 1. The van der Waals surface area contributed by atoms with Gasteiger partial charge in [-0.1, -0.05) is 55.0 Å². The number of allylic oxidation sites excluding steroid dienone is 4. The maximum atomic E-state index is 13.0. The first-order chi connectivity index (χ1) is 14.2. The summed E-state index contributed by atoms with van der Waals surface area (Å²) in [6.07, 6.45) is 9.18. The van der Waals surface area contributed by atoms with E-state index in [0.717, 1.165) is 36.2 Å². The second-order valence-corrected chi connectivity index (χ2v) is 8.95. The van der Waals surface area contributed by atoms with Crippen molar-refractivity contribution in [1.82, 2.24) is 5.32 Å². The highest BCUT2D eigenvalue weighted by molar-refractivity contribution is 7.98. The molecular formula is C26H25NOS. The minimum absolute atomic E-state index is 0.168. The van der Waals surface area contributed by atoms with Crippen LogP contribution in [0.4, 0.5) is 0 Å². The summed E-state index contributed by atoms with van der Waals surface area (Å²) >= 11 is 1.73. The van der Waals surface area contributed by atoms with Crippen LogP contribution in [-0.4, -0.2) is 25.1 Å². The molecule has 1 N–H and O–H groups in total. The van der Waals surface area contributed by atoms with Crippen LogP contribution < -0.4 is 5.32 Å². The lowest BCUT2D eigenvalue weighted by molar-refractivity contribution is -0.115. The Kier molecular flexibility index (Phi) is 4.81. The quantitative estimate of drug-likeness (QED) is 0.683. The molecule has 2 unspecified atom stereocenters. The summed E-state index contributed by atoms with van der Waals surface area (Å²) in [6.45, 7) is 4.35. The second kappa shape index (κ2) is 7.47. The second-order valence-electron chi connectivity index (χ2n) is 8.07. The SMILES string of the molecule is CSc1ccc(C2=CC(=O)C(c3ccc4c(c3)C(C)C3=C4CNCC3)C=C2)cc1. The fourth-order valence-corrected chi connectivity index (χ4v) is 5.27. The van der Waals surface area contributed by atoms with Crippen LogP contribution in [0.25, 0.3) is 11.1 Å². The summed E-state index contributed by atoms with van der Waals surface area (Å²) in [5.74, 6) is 0.449. The molecule has 29 heavy (non-hydrogen) atoms. The zero-order valence-corrected chi connectivity index (χ0v) is 17.7. The van der Waals surface area contributed by atoms with Gasteiger partial charge < -0.3 is 5.32 Å². The van der Waals surface area contributed by atoms with Gasteiger partial charge in [-0.2, -0.15) is 0 Å². The molecule has 146 valence electrons. The number of rotatable bonds is 3. The molecule has 0 amide bonds. The first-order valence-electron chi connectivity index (χ1n) is 10.3. The van der Waals surface area contributed by atoms with Gasteiger partial charge in [-0.15, -0.1) is 11.8 Å². The average molecular weight is 400 g/mol. The van der Waals surface area contributed by atoms with E-state index in [4.69, 9.17) is 0 Å². The third-order valence-corrected chi connectivity index (χ3v) is 7.25. The molecule has 0 aromatic heterocycles. The summed E-state index contributed by atoms with van der Waals surface area (Å²) in [6, 6.07) is 15.1. The predicted molar refractivity (Wildman–Crippen MR) is 122 cm³/mol. The van der Waals surface area contributed by atoms with Crippen LogP contribution in [0.5, 0.6) is 0 Å². The first-order valence-corrected chi connectivity index (χ1v) is 11.5. The molecule has 3 aliphatic rings. The lowest BCUT2D eigenvalue weighted by Crippen LogP contribution is -2.23. The summed E-state index contributed by atoms with van der Waals surface area (Å²) in [5, 5.41) is 3.50. The fraction of sp³-hybridized carbons (Fsp3) is 0.269. The van der Waals surface area contributed by atoms with Gasteiger partial charge in [0.15, 0.2) is 5.78 Å². The van der Waals surface area contributed by atoms with Crippen molar-refractivity contribution in [2.45, 2.75) is 30.1 Å². The van der Waals surface area contributed by atoms with E-state index < -0.39 is 0 Å². The number of carbonyl (C=O) groups excluding carboxylic acids is 1. The number of ketones is 1. The molecule has 5 rings (SSSR count). The van der Waals surface area contributed by atoms with Gasteiger partial charge in [0.2, 0.25) is 0 Å². The van der Waals surface area contributed by atoms with E-state index in [1.807, 2.05) is 6.08 Å². The monoisotopic (exact) mass is 399 g/mol. The Morgan fingerprint density at radius 1 is 1.10 bits per heavy atom. The van der Waals surface area contributed by atoms with Gasteiger partial charge in [-0.05, 0) is 70.8 Å². The number of fused-ring (bicyclic) bond motifs is 2. The van der Waals surface area contributed by atoms with Crippen molar-refractivity contribution in [3.05, 3.63) is 88.5 Å². The van der Waals surface area contributed by atoms with E-state index in [2.05, 4.69) is 73.1 Å². The highest BCUT2D eigenvalue weighted by atomic mass is 32.2. The number of carbonyl (C=O) groups is 1. The maximum Gasteiger partial charge on any atom is 0.167 e. The molecule has 1 aliphatic heterocycles. The predicted octanol–water partition coefficient (Wildman–Crippen LogP) is 5.58. The van der Waals surface area contributed by atoms with Crippen LogP contribution in [0.1, 0.15) is 47.4 Å². The number of hydrogen-bond donors (Lipinski definition) is 1. The van der Waals surface area contributed by atoms with Crippen LogP contribution in [-0.2, 0) is 4.79 Å². The molecule has 0 saturated heterocycles. The molecule has 2 aromatic carbocycles. The Balaban J connectivity index is 1.41. The van der Waals surface area contributed by atoms with Crippen molar-refractivity contribution in [3.63, 3.8) is 0 Å². The Hall–Kier alpha value is -2.36. The summed E-state index contributed by atoms with van der Waals surface area (Å²) in [5.41, 5.74) is 9.02. The van der Waals surface area contributed by atoms with Gasteiger partial charge in [0.05, 0.1) is 5.92 Å². The standard InChI is InChI=1S/C26H25NOS/c1-16-21-11-12-27-15-25(21)23-10-6-19(13-24(16)23)22-9-5-18(14-26(22)28)17-3-7-20(29-2)8-4-17/h3-10,13-14,16,22,27H,11-12,15H2,1-2H3. The van der Waals surface area contributed by atoms with Crippen molar-refractivity contribution in [1.29, 1.82) is 0 Å². The Morgan fingerprint density at radius 3 is 2.69 bits per heavy atom. The highest BCUT2D eigenvalue weighted by Gasteiger charge is 2.31. The smallest absolute Gasteiger partial charge is 0.167 e. The Labute approximate surface area is 176 Å². The van der Waals surface area contributed by atoms with Crippen LogP contribution in [0.2, 0.25) is 0 Å². The van der Waals surface area contributed by atoms with E-state index in [0.29, 0.717) is 5.92 Å². The van der Waals surface area contributed by atoms with Crippen LogP contribution in [0.15, 0.2) is 71.2 Å². The van der Waals surface area contributed by atoms with E-state index in [1.54, 1.807) is 17.3 Å². The average Bonchev–Trinajstić information content (AvgIpc) is 3.06. The largest absolute Gasteiger partial charge is 0.312 e. The zero-order valence-electron chi connectivity index (χ0n) is 16.9. The molecule has 1 heterocycles. The molecule has 2 aromatic rings. The highest BCUT2D eigenvalue weighted by Crippen LogP contribution is 2.45. The third kappa shape index (κ3) is 3.23. The normalized spacial score (nSPS) is 23.1. The number of nitrogens with one attached hydrogen (secondary N) is 1. The van der Waals surface area contributed by atoms with Gasteiger partial charge in [0.25, 0.3) is 0 Å². The zero-order chi connectivity index (χ0) is 20.0. The third-order valence-electron chi connectivity index (χ3n) is 6.51. The first kappa shape index (κ1) is 18.7. The van der Waals surface area contributed by atoms with Crippen molar-refractivity contribution < 1.29 is 4.79 Å². The van der Waals surface area contributed by atoms with Crippen molar-refractivity contribution >= 4 is 28.7 Å². The maximum absolute atomic E-state index is 13.0. The van der Waals surface area contributed by atoms with Crippen molar-refractivity contribution in [2.24, 2.45) is 0 Å². The molecule has 2 aliphatic carbocycles. The summed E-state index contributed by atoms with van der Waals surface area (Å²) in [4.78, 5) is 14.2. The minimum atomic E-state index is -0.183. The van der Waals surface area contributed by atoms with E-state index in [1.165, 1.54) is 21.6 Å². The molecule has 0 bridgehead atoms. The molecular weight excluding hydrogens is 374 g/mol. The van der Waals surface area contributed by atoms with E-state index >= 15 is 0 Å². The van der Waals surface area contributed by atoms with Crippen molar-refractivity contribution in [3.8, 4) is 0 Å². The van der Waals surface area contributed by atoms with Gasteiger partial charge in [0, 0.05) is 17.4 Å². The van der Waals surface area contributed by atoms with Gasteiger partial charge >= 0.3 is 0 Å². The van der Waals surface area contributed by atoms with Gasteiger partial charge in [-0.25, -0.2) is 0 Å². The number of hydrogen-bond acceptors (Lipinski definition) is 3. The molecule has 3 heteroatoms. The molecule has 0 radical (unpaired) electrons. The number of benzene rings is 2. The van der Waals surface area contributed by atoms with Crippen molar-refractivity contribution in [2.75, 3.05) is 19.3 Å². The lowest BCUT2D eigenvalue weighted by atomic mass is 9.85. The lowest BCUT2D eigenvalue weighted by Gasteiger charge is -2.18. The fourth-order valence-electron chi connectivity index (χ4n) is 4.87.